The second kappa shape index (κ2) is 12.1. The Labute approximate surface area is 190 Å². The molecule has 1 fully saturated rings. The van der Waals surface area contributed by atoms with E-state index in [0.29, 0.717) is 26.3 Å². The van der Waals surface area contributed by atoms with Crippen LogP contribution < -0.4 is 9.47 Å². The molecule has 170 valence electrons. The molecule has 0 unspecified atom stereocenters. The van der Waals surface area contributed by atoms with E-state index in [1.165, 1.54) is 11.1 Å². The molecular weight excluding hydrogens is 404 g/mol. The zero-order chi connectivity index (χ0) is 22.8. The van der Waals surface area contributed by atoms with Crippen molar-refractivity contribution >= 4 is 0 Å². The fourth-order valence-corrected chi connectivity index (χ4v) is 3.67. The lowest BCUT2D eigenvalue weighted by molar-refractivity contribution is 0.141. The van der Waals surface area contributed by atoms with Gasteiger partial charge in [-0.1, -0.05) is 47.2 Å². The van der Waals surface area contributed by atoms with Crippen LogP contribution in [0.4, 0.5) is 0 Å². The van der Waals surface area contributed by atoms with Crippen LogP contribution in [0.3, 0.4) is 0 Å². The van der Waals surface area contributed by atoms with Crippen molar-refractivity contribution in [1.29, 1.82) is 0 Å². The lowest BCUT2D eigenvalue weighted by Crippen LogP contribution is -2.48. The van der Waals surface area contributed by atoms with E-state index in [-0.39, 0.29) is 6.04 Å². The molecule has 6 nitrogen and oxygen atoms in total. The summed E-state index contributed by atoms with van der Waals surface area (Å²) in [6.07, 6.45) is 6.57. The van der Waals surface area contributed by atoms with E-state index in [0.717, 1.165) is 35.6 Å². The number of nitroso groups, excluding NO2 is 1. The molecule has 0 spiro atoms. The van der Waals surface area contributed by atoms with Gasteiger partial charge in [0, 0.05) is 31.3 Å². The smallest absolute Gasteiger partial charge is 0.127 e. The summed E-state index contributed by atoms with van der Waals surface area (Å²) in [6, 6.07) is 14.3. The first-order valence-corrected chi connectivity index (χ1v) is 10.9. The van der Waals surface area contributed by atoms with Crippen LogP contribution >= 0.6 is 0 Å². The van der Waals surface area contributed by atoms with Crippen LogP contribution in [0, 0.1) is 4.91 Å². The number of hydrogen-bond acceptors (Lipinski definition) is 6. The average Bonchev–Trinajstić information content (AvgIpc) is 2.77. The lowest BCUT2D eigenvalue weighted by Gasteiger charge is -2.35. The molecular formula is C26H32N2O4. The number of allylic oxidation sites excluding steroid dienone is 2. The van der Waals surface area contributed by atoms with Crippen LogP contribution in [0.2, 0.25) is 0 Å². The number of benzene rings is 2. The zero-order valence-electron chi connectivity index (χ0n) is 19.1. The number of hydrogen-bond donors (Lipinski definition) is 0. The van der Waals surface area contributed by atoms with Crippen molar-refractivity contribution in [2.24, 2.45) is 5.18 Å². The van der Waals surface area contributed by atoms with Crippen LogP contribution in [0.5, 0.6) is 11.5 Å². The quantitative estimate of drug-likeness (QED) is 0.258. The first-order valence-electron chi connectivity index (χ1n) is 10.9. The summed E-state index contributed by atoms with van der Waals surface area (Å²) in [6.45, 7) is 7.29. The van der Waals surface area contributed by atoms with E-state index < -0.39 is 0 Å². The van der Waals surface area contributed by atoms with Crippen molar-refractivity contribution in [3.8, 4) is 11.5 Å². The van der Waals surface area contributed by atoms with Gasteiger partial charge in [0.25, 0.3) is 0 Å². The van der Waals surface area contributed by atoms with Crippen LogP contribution in [-0.4, -0.2) is 37.7 Å². The molecule has 0 bridgehead atoms. The molecule has 0 aliphatic carbocycles. The topological polar surface area (TPSA) is 60.4 Å². The third-order valence-corrected chi connectivity index (χ3v) is 5.38. The number of nitrogens with zero attached hydrogens (tertiary/aromatic N) is 2. The Kier molecular flexibility index (Phi) is 8.87. The Hall–Kier alpha value is -3.12. The predicted octanol–water partition coefficient (Wildman–Crippen LogP) is 5.26. The third-order valence-electron chi connectivity index (χ3n) is 5.38. The Bertz CT molecular complexity index is 949. The summed E-state index contributed by atoms with van der Waals surface area (Å²) in [5.41, 5.74) is 4.74. The summed E-state index contributed by atoms with van der Waals surface area (Å²) < 4.78 is 16.9. The Morgan fingerprint density at radius 1 is 1.19 bits per heavy atom. The lowest BCUT2D eigenvalue weighted by atomic mass is 10.0. The monoisotopic (exact) mass is 436 g/mol. The summed E-state index contributed by atoms with van der Waals surface area (Å²) >= 11 is 0. The highest BCUT2D eigenvalue weighted by Crippen LogP contribution is 2.27. The van der Waals surface area contributed by atoms with Crippen LogP contribution in [-0.2, 0) is 24.3 Å². The predicted molar refractivity (Wildman–Crippen MR) is 127 cm³/mol. The third kappa shape index (κ3) is 6.95. The van der Waals surface area contributed by atoms with Crippen LogP contribution in [0.25, 0.3) is 0 Å². The van der Waals surface area contributed by atoms with Gasteiger partial charge in [0.2, 0.25) is 0 Å². The second-order valence-corrected chi connectivity index (χ2v) is 8.07. The first kappa shape index (κ1) is 23.5. The number of ether oxygens (including phenoxy) is 3. The van der Waals surface area contributed by atoms with E-state index in [1.54, 1.807) is 13.4 Å². The van der Waals surface area contributed by atoms with Gasteiger partial charge in [-0.3, -0.25) is 4.90 Å². The van der Waals surface area contributed by atoms with Gasteiger partial charge in [-0.05, 0) is 43.5 Å². The van der Waals surface area contributed by atoms with Crippen molar-refractivity contribution in [3.63, 3.8) is 0 Å². The van der Waals surface area contributed by atoms with Gasteiger partial charge >= 0.3 is 0 Å². The van der Waals surface area contributed by atoms with Crippen molar-refractivity contribution < 1.29 is 14.2 Å². The molecule has 0 amide bonds. The highest BCUT2D eigenvalue weighted by atomic mass is 16.5. The van der Waals surface area contributed by atoms with Crippen molar-refractivity contribution in [2.45, 2.75) is 39.5 Å². The van der Waals surface area contributed by atoms with E-state index in [4.69, 9.17) is 14.2 Å². The summed E-state index contributed by atoms with van der Waals surface area (Å²) in [4.78, 5) is 12.7. The van der Waals surface area contributed by atoms with Crippen molar-refractivity contribution in [2.75, 3.05) is 26.8 Å². The standard InChI is InChI=1S/C26H32N2O4/c1-4-11-31-19-22-7-5-6-21(14-22)13-20(2)10-12-32-25-9-8-23(26(15-25)30-3)16-28-17-24(18-28)27-29/h4-11,14-15,24H,12-13,16-19H2,1-3H3/b11-4+,20-10+. The Morgan fingerprint density at radius 2 is 2.00 bits per heavy atom. The molecule has 6 heteroatoms. The van der Waals surface area contributed by atoms with Gasteiger partial charge in [-0.25, -0.2) is 0 Å². The molecule has 1 heterocycles. The largest absolute Gasteiger partial charge is 0.497 e. The fourth-order valence-electron chi connectivity index (χ4n) is 3.67. The molecule has 0 N–H and O–H groups in total. The van der Waals surface area contributed by atoms with Crippen LogP contribution in [0.1, 0.15) is 30.5 Å². The molecule has 0 aromatic heterocycles. The molecule has 1 saturated heterocycles. The van der Waals surface area contributed by atoms with Crippen LogP contribution in [0.15, 0.2) is 71.6 Å². The SMILES string of the molecule is C/C=C/OCc1cccc(C/C(C)=C/COc2ccc(CN3CC(N=O)C3)c(OC)c2)c1. The molecule has 1 aliphatic rings. The molecule has 3 rings (SSSR count). The number of rotatable bonds is 12. The molecule has 1 aliphatic heterocycles. The second-order valence-electron chi connectivity index (χ2n) is 8.07. The normalized spacial score (nSPS) is 14.9. The summed E-state index contributed by atoms with van der Waals surface area (Å²) in [5.74, 6) is 1.57. The molecule has 0 atom stereocenters. The van der Waals surface area contributed by atoms with Crippen molar-refractivity contribution in [1.82, 2.24) is 4.90 Å². The minimum Gasteiger partial charge on any atom is -0.497 e. The highest BCUT2D eigenvalue weighted by molar-refractivity contribution is 5.41. The van der Waals surface area contributed by atoms with E-state index >= 15 is 0 Å². The summed E-state index contributed by atoms with van der Waals surface area (Å²) in [7, 11) is 1.66. The molecule has 0 saturated carbocycles. The fraction of sp³-hybridized carbons (Fsp3) is 0.385. The molecule has 0 radical (unpaired) electrons. The van der Waals surface area contributed by atoms with Crippen molar-refractivity contribution in [3.05, 3.63) is 88.0 Å². The minimum atomic E-state index is -0.0763. The number of methoxy groups -OCH3 is 1. The average molecular weight is 437 g/mol. The maximum Gasteiger partial charge on any atom is 0.127 e. The maximum absolute atomic E-state index is 10.5. The molecule has 2 aromatic rings. The van der Waals surface area contributed by atoms with E-state index in [1.807, 2.05) is 31.2 Å². The van der Waals surface area contributed by atoms with Gasteiger partial charge < -0.3 is 14.2 Å². The maximum atomic E-state index is 10.5. The van der Waals surface area contributed by atoms with Gasteiger partial charge in [-0.2, -0.15) is 4.91 Å². The number of likely N-dealkylation sites (tertiary alicyclic amines) is 1. The molecule has 32 heavy (non-hydrogen) atoms. The summed E-state index contributed by atoms with van der Waals surface area (Å²) in [5, 5.41) is 3.08. The van der Waals surface area contributed by atoms with Gasteiger partial charge in [0.15, 0.2) is 0 Å². The Balaban J connectivity index is 1.50. The highest BCUT2D eigenvalue weighted by Gasteiger charge is 2.28. The minimum absolute atomic E-state index is 0.0763. The van der Waals surface area contributed by atoms with Gasteiger partial charge in [0.1, 0.15) is 30.8 Å². The molecule has 2 aromatic carbocycles. The Morgan fingerprint density at radius 3 is 2.75 bits per heavy atom. The van der Waals surface area contributed by atoms with E-state index in [9.17, 15) is 4.91 Å². The van der Waals surface area contributed by atoms with Gasteiger partial charge in [0.05, 0.1) is 13.4 Å². The van der Waals surface area contributed by atoms with E-state index in [2.05, 4.69) is 47.3 Å². The zero-order valence-corrected chi connectivity index (χ0v) is 19.1. The first-order chi connectivity index (χ1) is 15.6. The van der Waals surface area contributed by atoms with Gasteiger partial charge in [-0.15, -0.1) is 0 Å².